The van der Waals surface area contributed by atoms with Crippen molar-refractivity contribution < 1.29 is 4.21 Å². The first-order valence-corrected chi connectivity index (χ1v) is 5.15. The molecule has 0 unspecified atom stereocenters. The smallest absolute Gasteiger partial charge is 0.144 e. The Labute approximate surface area is 77.4 Å². The quantitative estimate of drug-likeness (QED) is 0.493. The van der Waals surface area contributed by atoms with E-state index in [1.165, 1.54) is 0 Å². The van der Waals surface area contributed by atoms with E-state index in [2.05, 4.69) is 4.40 Å². The summed E-state index contributed by atoms with van der Waals surface area (Å²) in [7, 11) is -1.11. The molecular weight excluding hydrogens is 170 g/mol. The molecule has 0 saturated carbocycles. The first-order chi connectivity index (χ1) is 5.48. The van der Waals surface area contributed by atoms with Crippen LogP contribution in [-0.2, 0) is 11.0 Å². The summed E-state index contributed by atoms with van der Waals surface area (Å²) in [6.45, 7) is 7.69. The van der Waals surface area contributed by atoms with Crippen molar-refractivity contribution >= 4 is 17.2 Å². The maximum absolute atomic E-state index is 11.3. The highest BCUT2D eigenvalue weighted by atomic mass is 32.2. The monoisotopic (exact) mass is 187 g/mol. The molecule has 0 heterocycles. The second kappa shape index (κ2) is 5.25. The molecule has 0 radical (unpaired) electrons. The molecule has 1 atom stereocenters. The molecule has 2 nitrogen and oxygen atoms in total. The predicted octanol–water partition coefficient (Wildman–Crippen LogP) is 2.49. The van der Waals surface area contributed by atoms with Crippen LogP contribution in [0.3, 0.4) is 0 Å². The van der Waals surface area contributed by atoms with Gasteiger partial charge >= 0.3 is 0 Å². The molecule has 70 valence electrons. The SMILES string of the molecule is C/C=C/C/C=N/[S@](=O)C(C)(C)C. The molecule has 0 saturated heterocycles. The molecule has 0 aromatic rings. The predicted molar refractivity (Wildman–Crippen MR) is 55.8 cm³/mol. The summed E-state index contributed by atoms with van der Waals surface area (Å²) in [5.74, 6) is 0. The Morgan fingerprint density at radius 1 is 1.42 bits per heavy atom. The second-order valence-electron chi connectivity index (χ2n) is 3.45. The van der Waals surface area contributed by atoms with Crippen molar-refractivity contribution in [3.05, 3.63) is 12.2 Å². The summed E-state index contributed by atoms with van der Waals surface area (Å²) >= 11 is 0. The van der Waals surface area contributed by atoms with E-state index >= 15 is 0 Å². The third-order valence-corrected chi connectivity index (χ3v) is 2.56. The van der Waals surface area contributed by atoms with Crippen molar-refractivity contribution in [2.45, 2.75) is 38.9 Å². The Hall–Kier alpha value is -0.440. The lowest BCUT2D eigenvalue weighted by molar-refractivity contribution is 0.651. The zero-order chi connectivity index (χ0) is 9.61. The lowest BCUT2D eigenvalue weighted by Gasteiger charge is -2.12. The second-order valence-corrected chi connectivity index (χ2v) is 5.39. The molecule has 0 aliphatic heterocycles. The van der Waals surface area contributed by atoms with Crippen LogP contribution in [0.4, 0.5) is 0 Å². The van der Waals surface area contributed by atoms with Crippen molar-refractivity contribution in [2.24, 2.45) is 4.40 Å². The van der Waals surface area contributed by atoms with Gasteiger partial charge in [-0.1, -0.05) is 12.2 Å². The minimum absolute atomic E-state index is 0.244. The lowest BCUT2D eigenvalue weighted by Crippen LogP contribution is -2.19. The molecule has 3 heteroatoms. The van der Waals surface area contributed by atoms with Gasteiger partial charge in [0.15, 0.2) is 0 Å². The third-order valence-electron chi connectivity index (χ3n) is 1.17. The lowest BCUT2D eigenvalue weighted by atomic mass is 10.3. The Kier molecular flexibility index (Phi) is 5.06. The molecular formula is C9H17NOS. The van der Waals surface area contributed by atoms with Crippen molar-refractivity contribution in [3.63, 3.8) is 0 Å². The van der Waals surface area contributed by atoms with Gasteiger partial charge in [-0.05, 0) is 27.7 Å². The van der Waals surface area contributed by atoms with E-state index in [1.807, 2.05) is 39.8 Å². The van der Waals surface area contributed by atoms with E-state index in [1.54, 1.807) is 6.21 Å². The Balaban J connectivity index is 3.93. The van der Waals surface area contributed by atoms with Crippen LogP contribution in [0.5, 0.6) is 0 Å². The molecule has 0 N–H and O–H groups in total. The summed E-state index contributed by atoms with van der Waals surface area (Å²) in [5.41, 5.74) is 0. The van der Waals surface area contributed by atoms with Gasteiger partial charge in [0.2, 0.25) is 0 Å². The topological polar surface area (TPSA) is 29.4 Å². The normalized spacial score (nSPS) is 16.0. The number of hydrogen-bond acceptors (Lipinski definition) is 1. The average molecular weight is 187 g/mol. The average Bonchev–Trinajstić information content (AvgIpc) is 1.96. The molecule has 12 heavy (non-hydrogen) atoms. The molecule has 0 amide bonds. The third kappa shape index (κ3) is 5.24. The molecule has 0 aliphatic carbocycles. The summed E-state index contributed by atoms with van der Waals surface area (Å²) in [5, 5.41) is 0. The van der Waals surface area contributed by atoms with Crippen LogP contribution < -0.4 is 0 Å². The van der Waals surface area contributed by atoms with Gasteiger partial charge in [0.1, 0.15) is 11.0 Å². The molecule has 0 rings (SSSR count). The number of nitrogens with zero attached hydrogens (tertiary/aromatic N) is 1. The van der Waals surface area contributed by atoms with E-state index < -0.39 is 11.0 Å². The van der Waals surface area contributed by atoms with Crippen LogP contribution in [0.2, 0.25) is 0 Å². The molecule has 0 fully saturated rings. The van der Waals surface area contributed by atoms with E-state index in [4.69, 9.17) is 0 Å². The standard InChI is InChI=1S/C9H17NOS/c1-5-6-7-8-10-12(11)9(2,3)4/h5-6,8H,7H2,1-4H3/b6-5+,10-8+/t12-/m1/s1. The highest BCUT2D eigenvalue weighted by Gasteiger charge is 2.17. The van der Waals surface area contributed by atoms with E-state index in [0.29, 0.717) is 0 Å². The van der Waals surface area contributed by atoms with Gasteiger partial charge in [0.25, 0.3) is 0 Å². The van der Waals surface area contributed by atoms with Crippen LogP contribution in [0, 0.1) is 0 Å². The zero-order valence-corrected chi connectivity index (χ0v) is 9.02. The first kappa shape index (κ1) is 11.6. The zero-order valence-electron chi connectivity index (χ0n) is 8.20. The van der Waals surface area contributed by atoms with E-state index in [0.717, 1.165) is 6.42 Å². The van der Waals surface area contributed by atoms with Gasteiger partial charge in [0, 0.05) is 12.6 Å². The van der Waals surface area contributed by atoms with Crippen molar-refractivity contribution in [1.82, 2.24) is 0 Å². The molecule has 0 aromatic carbocycles. The Morgan fingerprint density at radius 2 is 2.00 bits per heavy atom. The fourth-order valence-electron chi connectivity index (χ4n) is 0.466. The fraction of sp³-hybridized carbons (Fsp3) is 0.667. The van der Waals surface area contributed by atoms with Crippen LogP contribution in [-0.4, -0.2) is 15.2 Å². The van der Waals surface area contributed by atoms with Crippen molar-refractivity contribution in [3.8, 4) is 0 Å². The van der Waals surface area contributed by atoms with Crippen LogP contribution in [0.25, 0.3) is 0 Å². The Morgan fingerprint density at radius 3 is 2.42 bits per heavy atom. The van der Waals surface area contributed by atoms with Gasteiger partial charge in [-0.2, -0.15) is 4.40 Å². The van der Waals surface area contributed by atoms with Crippen LogP contribution >= 0.6 is 0 Å². The van der Waals surface area contributed by atoms with Gasteiger partial charge in [-0.3, -0.25) is 0 Å². The molecule has 0 spiro atoms. The molecule has 0 bridgehead atoms. The van der Waals surface area contributed by atoms with Crippen molar-refractivity contribution in [1.29, 1.82) is 0 Å². The highest BCUT2D eigenvalue weighted by molar-refractivity contribution is 7.85. The largest absolute Gasteiger partial charge is 0.234 e. The van der Waals surface area contributed by atoms with Crippen LogP contribution in [0.15, 0.2) is 16.5 Å². The minimum Gasteiger partial charge on any atom is -0.234 e. The van der Waals surface area contributed by atoms with Gasteiger partial charge in [-0.25, -0.2) is 4.21 Å². The number of allylic oxidation sites excluding steroid dienone is 2. The van der Waals surface area contributed by atoms with E-state index in [-0.39, 0.29) is 4.75 Å². The molecule has 0 aliphatic rings. The van der Waals surface area contributed by atoms with Gasteiger partial charge < -0.3 is 0 Å². The van der Waals surface area contributed by atoms with Crippen molar-refractivity contribution in [2.75, 3.05) is 0 Å². The fourth-order valence-corrected chi connectivity index (χ4v) is 1.00. The summed E-state index contributed by atoms with van der Waals surface area (Å²) in [6.07, 6.45) is 6.38. The maximum Gasteiger partial charge on any atom is 0.144 e. The number of rotatable bonds is 3. The summed E-state index contributed by atoms with van der Waals surface area (Å²) in [6, 6.07) is 0. The summed E-state index contributed by atoms with van der Waals surface area (Å²) < 4.78 is 15.0. The van der Waals surface area contributed by atoms with Crippen LogP contribution in [0.1, 0.15) is 34.1 Å². The minimum atomic E-state index is -1.11. The highest BCUT2D eigenvalue weighted by Crippen LogP contribution is 2.11. The number of hydrogen-bond donors (Lipinski definition) is 0. The first-order valence-electron chi connectivity index (χ1n) is 4.04. The van der Waals surface area contributed by atoms with E-state index in [9.17, 15) is 4.21 Å². The molecule has 0 aromatic heterocycles. The Bertz CT molecular complexity index is 201. The maximum atomic E-state index is 11.3. The van der Waals surface area contributed by atoms with Gasteiger partial charge in [0.05, 0.1) is 4.75 Å². The summed E-state index contributed by atoms with van der Waals surface area (Å²) in [4.78, 5) is 0. The van der Waals surface area contributed by atoms with Gasteiger partial charge in [-0.15, -0.1) is 0 Å².